The van der Waals surface area contributed by atoms with E-state index in [1.165, 1.54) is 0 Å². The quantitative estimate of drug-likeness (QED) is 0.292. The van der Waals surface area contributed by atoms with E-state index in [0.29, 0.717) is 11.5 Å². The second kappa shape index (κ2) is 7.12. The summed E-state index contributed by atoms with van der Waals surface area (Å²) in [5, 5.41) is 11.4. The first-order valence-corrected chi connectivity index (χ1v) is 11.3. The van der Waals surface area contributed by atoms with Crippen molar-refractivity contribution in [2.45, 2.75) is 12.8 Å². The van der Waals surface area contributed by atoms with Crippen molar-refractivity contribution in [3.63, 3.8) is 0 Å². The molecule has 0 amide bonds. The van der Waals surface area contributed by atoms with Gasteiger partial charge in [-0.2, -0.15) is 0 Å². The molecule has 1 unspecified atom stereocenters. The number of rotatable bonds is 8. The molecule has 2 saturated heterocycles. The van der Waals surface area contributed by atoms with Crippen molar-refractivity contribution >= 4 is 19.2 Å². The van der Waals surface area contributed by atoms with E-state index in [1.54, 1.807) is 18.2 Å². The van der Waals surface area contributed by atoms with Crippen LogP contribution in [0.5, 0.6) is 11.5 Å². The van der Waals surface area contributed by atoms with E-state index in [0.717, 1.165) is 37.9 Å². The number of nitrogens with zero attached hydrogens (tertiary/aromatic N) is 3. The molecule has 2 aliphatic heterocycles. The fraction of sp³-hybridized carbons (Fsp3) is 0.350. The van der Waals surface area contributed by atoms with Crippen LogP contribution in [0.3, 0.4) is 0 Å². The van der Waals surface area contributed by atoms with Gasteiger partial charge in [0.2, 0.25) is 5.75 Å². The molecule has 0 spiro atoms. The van der Waals surface area contributed by atoms with Gasteiger partial charge in [-0.3, -0.25) is 19.5 Å². The van der Waals surface area contributed by atoms with Crippen LogP contribution >= 0.6 is 7.19 Å². The summed E-state index contributed by atoms with van der Waals surface area (Å²) < 4.78 is 10.8. The summed E-state index contributed by atoms with van der Waals surface area (Å²) in [5.74, 6) is 1.15. The Morgan fingerprint density at radius 1 is 1.15 bits per heavy atom. The van der Waals surface area contributed by atoms with E-state index in [2.05, 4.69) is 22.6 Å². The summed E-state index contributed by atoms with van der Waals surface area (Å²) in [5.41, 5.74) is 1.05. The molecule has 0 saturated carbocycles. The van der Waals surface area contributed by atoms with Crippen LogP contribution in [-0.2, 0) is 0 Å². The van der Waals surface area contributed by atoms with Gasteiger partial charge in [0.15, 0.2) is 0 Å². The zero-order valence-electron chi connectivity index (χ0n) is 15.5. The lowest BCUT2D eigenvalue weighted by Crippen LogP contribution is -2.13. The first kappa shape index (κ1) is 18.2. The molecule has 4 rings (SSSR count). The summed E-state index contributed by atoms with van der Waals surface area (Å²) in [4.78, 5) is 11.0. The Bertz CT molecular complexity index is 879. The summed E-state index contributed by atoms with van der Waals surface area (Å²) in [6.45, 7) is 6.75. The van der Waals surface area contributed by atoms with Gasteiger partial charge in [0.05, 0.1) is 4.92 Å². The maximum Gasteiger partial charge on any atom is 0.311 e. The number of ether oxygens (including phenoxy) is 1. The normalized spacial score (nSPS) is 18.1. The minimum atomic E-state index is -1.48. The molecule has 142 valence electrons. The van der Waals surface area contributed by atoms with Gasteiger partial charge in [0.25, 0.3) is 0 Å². The average molecular weight is 385 g/mol. The van der Waals surface area contributed by atoms with Gasteiger partial charge in [-0.05, 0) is 35.8 Å². The highest BCUT2D eigenvalue weighted by Gasteiger charge is 2.42. The summed E-state index contributed by atoms with van der Waals surface area (Å²) in [6, 6.07) is 14.4. The molecular formula is C20H24N3O3P. The minimum Gasteiger partial charge on any atom is -0.450 e. The third-order valence-electron chi connectivity index (χ3n) is 5.19. The van der Waals surface area contributed by atoms with Crippen LogP contribution in [-0.4, -0.2) is 52.9 Å². The SMILES string of the molecule is C=P(CC(C)c1ccc([N+](=O)[O-])c(Oc2ccccc2)c1)(N1CC1)N1CC1. The number of nitro benzene ring substituents is 1. The van der Waals surface area contributed by atoms with Crippen LogP contribution in [0.25, 0.3) is 0 Å². The first-order chi connectivity index (χ1) is 13.0. The third-order valence-corrected chi connectivity index (χ3v) is 9.23. The van der Waals surface area contributed by atoms with Gasteiger partial charge in [-0.25, -0.2) is 0 Å². The van der Waals surface area contributed by atoms with E-state index in [4.69, 9.17) is 4.74 Å². The van der Waals surface area contributed by atoms with Gasteiger partial charge >= 0.3 is 5.69 Å². The monoisotopic (exact) mass is 385 g/mol. The molecule has 2 fully saturated rings. The van der Waals surface area contributed by atoms with E-state index >= 15 is 0 Å². The summed E-state index contributed by atoms with van der Waals surface area (Å²) in [7, 11) is -1.48. The Hall–Kier alpha value is -2.14. The predicted octanol–water partition coefficient (Wildman–Crippen LogP) is 4.40. The highest BCUT2D eigenvalue weighted by molar-refractivity contribution is 7.69. The maximum absolute atomic E-state index is 11.4. The molecule has 2 aromatic rings. The Balaban J connectivity index is 1.59. The van der Waals surface area contributed by atoms with Gasteiger partial charge in [-0.1, -0.05) is 37.5 Å². The van der Waals surface area contributed by atoms with Crippen molar-refractivity contribution in [1.82, 2.24) is 9.34 Å². The standard InChI is InChI=1S/C20H24N3O3P/c1-16(15-27(2,21-10-11-21)22-12-13-22)17-8-9-19(23(24)25)20(14-17)26-18-6-4-3-5-7-18/h3-9,14,16H,2,10-13,15H2,1H3. The van der Waals surface area contributed by atoms with Crippen LogP contribution in [0.4, 0.5) is 5.69 Å². The van der Waals surface area contributed by atoms with Crippen molar-refractivity contribution in [2.75, 3.05) is 32.3 Å². The van der Waals surface area contributed by atoms with Crippen molar-refractivity contribution in [1.29, 1.82) is 0 Å². The highest BCUT2D eigenvalue weighted by Crippen LogP contribution is 2.61. The number of benzene rings is 2. The Labute approximate surface area is 159 Å². The molecular weight excluding hydrogens is 361 g/mol. The van der Waals surface area contributed by atoms with Crippen LogP contribution < -0.4 is 4.74 Å². The molecule has 0 N–H and O–H groups in total. The second-order valence-corrected chi connectivity index (χ2v) is 10.5. The molecule has 7 heteroatoms. The topological polar surface area (TPSA) is 58.4 Å². The van der Waals surface area contributed by atoms with Crippen molar-refractivity contribution < 1.29 is 9.66 Å². The van der Waals surface area contributed by atoms with Gasteiger partial charge in [0.1, 0.15) is 5.75 Å². The minimum absolute atomic E-state index is 0.0117. The smallest absolute Gasteiger partial charge is 0.311 e. The van der Waals surface area contributed by atoms with E-state index in [1.807, 2.05) is 30.3 Å². The molecule has 2 aromatic carbocycles. The van der Waals surface area contributed by atoms with E-state index in [9.17, 15) is 10.1 Å². The van der Waals surface area contributed by atoms with Crippen molar-refractivity contribution in [2.24, 2.45) is 0 Å². The molecule has 2 heterocycles. The molecule has 0 radical (unpaired) electrons. The maximum atomic E-state index is 11.4. The second-order valence-electron chi connectivity index (χ2n) is 7.27. The molecule has 0 aromatic heterocycles. The van der Waals surface area contributed by atoms with Gasteiger partial charge in [-0.15, -0.1) is 0 Å². The van der Waals surface area contributed by atoms with Crippen LogP contribution in [0.1, 0.15) is 18.4 Å². The predicted molar refractivity (Wildman–Crippen MR) is 110 cm³/mol. The Morgan fingerprint density at radius 3 is 2.33 bits per heavy atom. The van der Waals surface area contributed by atoms with Crippen LogP contribution in [0.15, 0.2) is 48.5 Å². The number of hydrogen-bond acceptors (Lipinski definition) is 5. The lowest BCUT2D eigenvalue weighted by Gasteiger charge is -2.30. The van der Waals surface area contributed by atoms with Gasteiger partial charge < -0.3 is 4.74 Å². The lowest BCUT2D eigenvalue weighted by atomic mass is 10.0. The zero-order chi connectivity index (χ0) is 19.0. The molecule has 2 aliphatic rings. The lowest BCUT2D eigenvalue weighted by molar-refractivity contribution is -0.385. The Morgan fingerprint density at radius 2 is 1.78 bits per heavy atom. The summed E-state index contributed by atoms with van der Waals surface area (Å²) >= 11 is 0. The van der Waals surface area contributed by atoms with Gasteiger partial charge in [0, 0.05) is 39.4 Å². The largest absolute Gasteiger partial charge is 0.450 e. The number of hydrogen-bond donors (Lipinski definition) is 0. The first-order valence-electron chi connectivity index (χ1n) is 9.22. The molecule has 0 aliphatic carbocycles. The van der Waals surface area contributed by atoms with E-state index < -0.39 is 12.1 Å². The van der Waals surface area contributed by atoms with Crippen molar-refractivity contribution in [3.8, 4) is 11.5 Å². The van der Waals surface area contributed by atoms with E-state index in [-0.39, 0.29) is 11.6 Å². The molecule has 27 heavy (non-hydrogen) atoms. The Kier molecular flexibility index (Phi) is 4.81. The van der Waals surface area contributed by atoms with Crippen molar-refractivity contribution in [3.05, 3.63) is 64.2 Å². The fourth-order valence-electron chi connectivity index (χ4n) is 3.47. The fourth-order valence-corrected chi connectivity index (χ4v) is 7.05. The molecule has 0 bridgehead atoms. The average Bonchev–Trinajstić information content (AvgIpc) is 3.54. The highest BCUT2D eigenvalue weighted by atomic mass is 31.2. The molecule has 6 nitrogen and oxygen atoms in total. The summed E-state index contributed by atoms with van der Waals surface area (Å²) in [6.07, 6.45) is 5.61. The third kappa shape index (κ3) is 3.93. The zero-order valence-corrected chi connectivity index (χ0v) is 16.3. The number of para-hydroxylation sites is 1. The number of nitro groups is 1. The molecule has 1 atom stereocenters. The van der Waals surface area contributed by atoms with Crippen LogP contribution in [0.2, 0.25) is 0 Å². The van der Waals surface area contributed by atoms with Crippen LogP contribution in [0, 0.1) is 10.1 Å².